The number of carbonyl (C=O) groups is 1. The second-order valence-corrected chi connectivity index (χ2v) is 4.21. The number of benzene rings is 1. The van der Waals surface area contributed by atoms with Gasteiger partial charge in [-0.1, -0.05) is 12.1 Å². The molecule has 0 bridgehead atoms. The van der Waals surface area contributed by atoms with Crippen LogP contribution >= 0.6 is 0 Å². The number of carboxylic acids is 1. The van der Waals surface area contributed by atoms with Crippen LogP contribution in [0, 0.1) is 11.3 Å². The molecule has 1 aromatic carbocycles. The van der Waals surface area contributed by atoms with Crippen molar-refractivity contribution in [3.05, 3.63) is 53.6 Å². The highest BCUT2D eigenvalue weighted by Crippen LogP contribution is 2.09. The number of ether oxygens (including phenoxy) is 1. The van der Waals surface area contributed by atoms with E-state index >= 15 is 0 Å². The summed E-state index contributed by atoms with van der Waals surface area (Å²) in [6.45, 7) is 0.460. The van der Waals surface area contributed by atoms with E-state index in [-0.39, 0.29) is 13.2 Å². The Morgan fingerprint density at radius 1 is 1.40 bits per heavy atom. The largest absolute Gasteiger partial charge is 0.480 e. The minimum atomic E-state index is -0.997. The number of hydrogen-bond acceptors (Lipinski definition) is 4. The Morgan fingerprint density at radius 2 is 2.15 bits per heavy atom. The van der Waals surface area contributed by atoms with Gasteiger partial charge in [-0.25, -0.2) is 9.78 Å². The third-order valence-electron chi connectivity index (χ3n) is 2.71. The van der Waals surface area contributed by atoms with E-state index in [1.165, 1.54) is 0 Å². The summed E-state index contributed by atoms with van der Waals surface area (Å²) in [4.78, 5) is 14.4. The Hall–Kier alpha value is -2.65. The van der Waals surface area contributed by atoms with Gasteiger partial charge < -0.3 is 14.4 Å². The fraction of sp³-hybridized carbons (Fsp3) is 0.214. The molecule has 0 spiro atoms. The Morgan fingerprint density at radius 3 is 2.80 bits per heavy atom. The number of nitrogens with zero attached hydrogens (tertiary/aromatic N) is 3. The van der Waals surface area contributed by atoms with Gasteiger partial charge in [-0.3, -0.25) is 0 Å². The van der Waals surface area contributed by atoms with Crippen molar-refractivity contribution in [1.29, 1.82) is 5.26 Å². The zero-order valence-corrected chi connectivity index (χ0v) is 10.7. The summed E-state index contributed by atoms with van der Waals surface area (Å²) < 4.78 is 6.93. The van der Waals surface area contributed by atoms with Crippen molar-refractivity contribution in [3.8, 4) is 6.07 Å². The second-order valence-electron chi connectivity index (χ2n) is 4.21. The van der Waals surface area contributed by atoms with Crippen molar-refractivity contribution < 1.29 is 14.6 Å². The molecule has 2 rings (SSSR count). The smallest absolute Gasteiger partial charge is 0.329 e. The molecule has 0 atom stereocenters. The maximum atomic E-state index is 10.4. The minimum Gasteiger partial charge on any atom is -0.480 e. The van der Waals surface area contributed by atoms with Gasteiger partial charge in [0.25, 0.3) is 0 Å². The summed E-state index contributed by atoms with van der Waals surface area (Å²) in [5, 5.41) is 17.3. The summed E-state index contributed by atoms with van der Waals surface area (Å²) in [6, 6.07) is 9.33. The van der Waals surface area contributed by atoms with Crippen LogP contribution in [-0.2, 0) is 22.7 Å². The van der Waals surface area contributed by atoms with Gasteiger partial charge in [0, 0.05) is 6.54 Å². The Labute approximate surface area is 115 Å². The summed E-state index contributed by atoms with van der Waals surface area (Å²) >= 11 is 0. The van der Waals surface area contributed by atoms with E-state index in [1.54, 1.807) is 24.7 Å². The molecule has 0 aliphatic carbocycles. The normalized spacial score (nSPS) is 10.2. The first kappa shape index (κ1) is 13.8. The first-order valence-electron chi connectivity index (χ1n) is 5.96. The molecule has 0 saturated heterocycles. The first-order chi connectivity index (χ1) is 9.69. The number of hydrogen-bond donors (Lipinski definition) is 1. The molecule has 20 heavy (non-hydrogen) atoms. The van der Waals surface area contributed by atoms with Crippen LogP contribution in [-0.4, -0.2) is 27.2 Å². The topological polar surface area (TPSA) is 88.1 Å². The molecule has 0 unspecified atom stereocenters. The summed E-state index contributed by atoms with van der Waals surface area (Å²) in [5.41, 5.74) is 2.45. The maximum Gasteiger partial charge on any atom is 0.329 e. The van der Waals surface area contributed by atoms with Crippen LogP contribution in [0.2, 0.25) is 0 Å². The van der Waals surface area contributed by atoms with Gasteiger partial charge in [0.15, 0.2) is 0 Å². The number of nitriles is 1. The molecule has 0 radical (unpaired) electrons. The van der Waals surface area contributed by atoms with Gasteiger partial charge in [0.1, 0.15) is 6.61 Å². The monoisotopic (exact) mass is 271 g/mol. The highest BCUT2D eigenvalue weighted by Gasteiger charge is 2.05. The molecule has 0 amide bonds. The fourth-order valence-corrected chi connectivity index (χ4v) is 1.74. The van der Waals surface area contributed by atoms with Crippen molar-refractivity contribution in [1.82, 2.24) is 9.55 Å². The van der Waals surface area contributed by atoms with Crippen molar-refractivity contribution in [2.24, 2.45) is 0 Å². The van der Waals surface area contributed by atoms with E-state index < -0.39 is 5.97 Å². The van der Waals surface area contributed by atoms with Crippen LogP contribution in [0.15, 0.2) is 36.8 Å². The van der Waals surface area contributed by atoms with Gasteiger partial charge in [-0.2, -0.15) is 5.26 Å². The lowest BCUT2D eigenvalue weighted by molar-refractivity contribution is -0.142. The van der Waals surface area contributed by atoms with Gasteiger partial charge in [0.2, 0.25) is 0 Å². The van der Waals surface area contributed by atoms with Crippen LogP contribution in [0.4, 0.5) is 0 Å². The summed E-state index contributed by atoms with van der Waals surface area (Å²) in [5.74, 6) is -0.997. The van der Waals surface area contributed by atoms with Crippen molar-refractivity contribution in [2.45, 2.75) is 13.2 Å². The zero-order valence-electron chi connectivity index (χ0n) is 10.7. The molecule has 0 aliphatic heterocycles. The molecular weight excluding hydrogens is 258 g/mol. The quantitative estimate of drug-likeness (QED) is 0.858. The van der Waals surface area contributed by atoms with Crippen LogP contribution in [0.5, 0.6) is 0 Å². The van der Waals surface area contributed by atoms with Crippen LogP contribution < -0.4 is 0 Å². The molecule has 2 aromatic rings. The lowest BCUT2D eigenvalue weighted by Crippen LogP contribution is -2.10. The third-order valence-corrected chi connectivity index (χ3v) is 2.71. The average molecular weight is 271 g/mol. The van der Waals surface area contributed by atoms with E-state index in [2.05, 4.69) is 11.1 Å². The Kier molecular flexibility index (Phi) is 4.47. The number of rotatable bonds is 6. The van der Waals surface area contributed by atoms with Crippen molar-refractivity contribution in [2.75, 3.05) is 6.61 Å². The van der Waals surface area contributed by atoms with Gasteiger partial charge >= 0.3 is 5.97 Å². The van der Waals surface area contributed by atoms with E-state index in [4.69, 9.17) is 15.1 Å². The Bertz CT molecular complexity index is 626. The molecule has 1 aromatic heterocycles. The summed E-state index contributed by atoms with van der Waals surface area (Å²) in [7, 11) is 0. The number of aliphatic carboxylic acids is 1. The predicted octanol–water partition coefficient (Wildman–Crippen LogP) is 1.40. The van der Waals surface area contributed by atoms with Crippen molar-refractivity contribution in [3.63, 3.8) is 0 Å². The molecule has 1 heterocycles. The molecule has 6 nitrogen and oxygen atoms in total. The van der Waals surface area contributed by atoms with Crippen molar-refractivity contribution >= 4 is 5.97 Å². The van der Waals surface area contributed by atoms with Gasteiger partial charge in [-0.05, 0) is 17.7 Å². The lowest BCUT2D eigenvalue weighted by Gasteiger charge is -2.08. The van der Waals surface area contributed by atoms with Crippen LogP contribution in [0.3, 0.4) is 0 Å². The highest BCUT2D eigenvalue weighted by atomic mass is 16.5. The molecule has 0 fully saturated rings. The average Bonchev–Trinajstić information content (AvgIpc) is 2.87. The van der Waals surface area contributed by atoms with E-state index in [1.807, 2.05) is 16.7 Å². The molecule has 0 saturated carbocycles. The van der Waals surface area contributed by atoms with Gasteiger partial charge in [-0.15, -0.1) is 0 Å². The molecule has 0 aliphatic rings. The SMILES string of the molecule is N#Cc1ccc(Cn2cncc2COCC(=O)O)cc1. The lowest BCUT2D eigenvalue weighted by atomic mass is 10.1. The zero-order chi connectivity index (χ0) is 14.4. The number of imidazole rings is 1. The molecule has 102 valence electrons. The molecule has 1 N–H and O–H groups in total. The molecule has 6 heteroatoms. The van der Waals surface area contributed by atoms with E-state index in [0.29, 0.717) is 12.1 Å². The maximum absolute atomic E-state index is 10.4. The standard InChI is InChI=1S/C14H13N3O3/c15-5-11-1-3-12(4-2-11)7-17-10-16-6-13(17)8-20-9-14(18)19/h1-4,6,10H,7-9H2,(H,18,19). The van der Waals surface area contributed by atoms with E-state index in [0.717, 1.165) is 11.3 Å². The predicted molar refractivity (Wildman–Crippen MR) is 69.8 cm³/mol. The first-order valence-corrected chi connectivity index (χ1v) is 5.96. The number of aromatic nitrogens is 2. The van der Waals surface area contributed by atoms with E-state index in [9.17, 15) is 4.79 Å². The van der Waals surface area contributed by atoms with Gasteiger partial charge in [0.05, 0.1) is 36.5 Å². The third kappa shape index (κ3) is 3.67. The summed E-state index contributed by atoms with van der Waals surface area (Å²) in [6.07, 6.45) is 3.31. The van der Waals surface area contributed by atoms with Crippen LogP contribution in [0.25, 0.3) is 0 Å². The Balaban J connectivity index is 2.00. The minimum absolute atomic E-state index is 0.197. The van der Waals surface area contributed by atoms with Crippen LogP contribution in [0.1, 0.15) is 16.8 Å². The fourth-order valence-electron chi connectivity index (χ4n) is 1.74. The number of carboxylic acid groups (broad SMARTS) is 1. The highest BCUT2D eigenvalue weighted by molar-refractivity contribution is 5.67. The molecular formula is C14H13N3O3. The second kappa shape index (κ2) is 6.50.